The molecule has 0 aromatic heterocycles. The zero-order chi connectivity index (χ0) is 7.56. The van der Waals surface area contributed by atoms with E-state index in [9.17, 15) is 10.1 Å². The SMILES string of the molecule is Cc1ccc([N+](=O)[O-])cc1.[NaH]. The summed E-state index contributed by atoms with van der Waals surface area (Å²) < 4.78 is 0. The summed E-state index contributed by atoms with van der Waals surface area (Å²) >= 11 is 0. The molecule has 4 heteroatoms. The Morgan fingerprint density at radius 2 is 1.73 bits per heavy atom. The van der Waals surface area contributed by atoms with Crippen LogP contribution in [0, 0.1) is 17.0 Å². The Hall–Kier alpha value is -0.380. The molecule has 3 nitrogen and oxygen atoms in total. The summed E-state index contributed by atoms with van der Waals surface area (Å²) in [7, 11) is 0. The normalized spacial score (nSPS) is 8.45. The molecule has 0 spiro atoms. The molecule has 0 N–H and O–H groups in total. The van der Waals surface area contributed by atoms with Crippen LogP contribution in [0.25, 0.3) is 0 Å². The van der Waals surface area contributed by atoms with E-state index in [4.69, 9.17) is 0 Å². The first kappa shape index (κ1) is 10.6. The Morgan fingerprint density at radius 1 is 1.27 bits per heavy atom. The maximum absolute atomic E-state index is 10.1. The summed E-state index contributed by atoms with van der Waals surface area (Å²) in [6.07, 6.45) is 0. The van der Waals surface area contributed by atoms with Crippen LogP contribution in [0.1, 0.15) is 5.56 Å². The third-order valence-corrected chi connectivity index (χ3v) is 1.24. The summed E-state index contributed by atoms with van der Waals surface area (Å²) in [5, 5.41) is 10.1. The van der Waals surface area contributed by atoms with Gasteiger partial charge in [-0.25, -0.2) is 0 Å². The van der Waals surface area contributed by atoms with E-state index >= 15 is 0 Å². The van der Waals surface area contributed by atoms with E-state index in [0.717, 1.165) is 5.56 Å². The van der Waals surface area contributed by atoms with Gasteiger partial charge in [0.15, 0.2) is 0 Å². The minimum atomic E-state index is -0.403. The summed E-state index contributed by atoms with van der Waals surface area (Å²) in [4.78, 5) is 9.71. The van der Waals surface area contributed by atoms with Gasteiger partial charge in [0.05, 0.1) is 4.92 Å². The molecule has 0 fully saturated rings. The zero-order valence-electron chi connectivity index (χ0n) is 5.57. The van der Waals surface area contributed by atoms with Crippen molar-refractivity contribution in [2.24, 2.45) is 0 Å². The van der Waals surface area contributed by atoms with Crippen molar-refractivity contribution in [2.45, 2.75) is 6.92 Å². The average molecular weight is 161 g/mol. The van der Waals surface area contributed by atoms with Gasteiger partial charge in [0.1, 0.15) is 0 Å². The van der Waals surface area contributed by atoms with Gasteiger partial charge in [-0.1, -0.05) is 17.7 Å². The molecule has 0 aliphatic carbocycles. The number of aryl methyl sites for hydroxylation is 1. The summed E-state index contributed by atoms with van der Waals surface area (Å²) in [6, 6.07) is 6.43. The van der Waals surface area contributed by atoms with Crippen molar-refractivity contribution in [2.75, 3.05) is 0 Å². The molecule has 0 unspecified atom stereocenters. The molecule has 0 bridgehead atoms. The Balaban J connectivity index is 0.000001000. The molecule has 1 aromatic carbocycles. The standard InChI is InChI=1S/C7H7NO2.Na.H/c1-6-2-4-7(5-3-6)8(9)10;;/h2-5H,1H3;;. The van der Waals surface area contributed by atoms with Gasteiger partial charge in [0.2, 0.25) is 0 Å². The molecule has 0 aliphatic heterocycles. The fourth-order valence-corrected chi connectivity index (χ4v) is 0.666. The van der Waals surface area contributed by atoms with Gasteiger partial charge in [-0.3, -0.25) is 10.1 Å². The molecule has 0 atom stereocenters. The number of nitro benzene ring substituents is 1. The number of nitro groups is 1. The minimum absolute atomic E-state index is 0. The first-order valence-corrected chi connectivity index (χ1v) is 2.91. The number of hydrogen-bond acceptors (Lipinski definition) is 2. The van der Waals surface area contributed by atoms with E-state index < -0.39 is 4.92 Å². The van der Waals surface area contributed by atoms with Crippen LogP contribution in [-0.4, -0.2) is 34.5 Å². The van der Waals surface area contributed by atoms with Crippen molar-refractivity contribution < 1.29 is 4.92 Å². The molecular formula is C7H8NNaO2. The Bertz CT molecular complexity index is 245. The molecule has 1 rings (SSSR count). The van der Waals surface area contributed by atoms with Crippen LogP contribution >= 0.6 is 0 Å². The van der Waals surface area contributed by atoms with Crippen molar-refractivity contribution in [1.82, 2.24) is 0 Å². The monoisotopic (exact) mass is 161 g/mol. The van der Waals surface area contributed by atoms with Crippen LogP contribution in [0.2, 0.25) is 0 Å². The van der Waals surface area contributed by atoms with E-state index in [1.54, 1.807) is 12.1 Å². The molecule has 11 heavy (non-hydrogen) atoms. The molecule has 0 saturated heterocycles. The van der Waals surface area contributed by atoms with Crippen molar-refractivity contribution in [3.63, 3.8) is 0 Å². The van der Waals surface area contributed by atoms with Gasteiger partial charge in [-0.2, -0.15) is 0 Å². The summed E-state index contributed by atoms with van der Waals surface area (Å²) in [5.41, 5.74) is 1.18. The fourth-order valence-electron chi connectivity index (χ4n) is 0.666. The van der Waals surface area contributed by atoms with Crippen molar-refractivity contribution in [1.29, 1.82) is 0 Å². The zero-order valence-corrected chi connectivity index (χ0v) is 5.57. The number of non-ortho nitro benzene ring substituents is 1. The van der Waals surface area contributed by atoms with E-state index in [0.29, 0.717) is 0 Å². The van der Waals surface area contributed by atoms with Gasteiger partial charge in [0.25, 0.3) is 5.69 Å². The Morgan fingerprint density at radius 3 is 2.09 bits per heavy atom. The molecule has 54 valence electrons. The van der Waals surface area contributed by atoms with Crippen LogP contribution in [0.4, 0.5) is 5.69 Å². The second kappa shape index (κ2) is 4.49. The van der Waals surface area contributed by atoms with Gasteiger partial charge < -0.3 is 0 Å². The topological polar surface area (TPSA) is 43.1 Å². The average Bonchev–Trinajstić information content (AvgIpc) is 1.88. The van der Waals surface area contributed by atoms with Crippen LogP contribution in [0.15, 0.2) is 24.3 Å². The number of nitrogens with zero attached hydrogens (tertiary/aromatic N) is 1. The third kappa shape index (κ3) is 3.01. The number of hydrogen-bond donors (Lipinski definition) is 0. The quantitative estimate of drug-likeness (QED) is 0.353. The fraction of sp³-hybridized carbons (Fsp3) is 0.143. The van der Waals surface area contributed by atoms with Crippen LogP contribution in [0.3, 0.4) is 0 Å². The van der Waals surface area contributed by atoms with Crippen LogP contribution in [0.5, 0.6) is 0 Å². The van der Waals surface area contributed by atoms with Gasteiger partial charge >= 0.3 is 29.6 Å². The molecule has 0 heterocycles. The third-order valence-electron chi connectivity index (χ3n) is 1.24. The first-order chi connectivity index (χ1) is 4.70. The summed E-state index contributed by atoms with van der Waals surface area (Å²) in [5.74, 6) is 0. The predicted octanol–water partition coefficient (Wildman–Crippen LogP) is 1.25. The van der Waals surface area contributed by atoms with E-state index in [-0.39, 0.29) is 35.2 Å². The maximum atomic E-state index is 10.1. The first-order valence-electron chi connectivity index (χ1n) is 2.91. The number of rotatable bonds is 1. The van der Waals surface area contributed by atoms with Gasteiger partial charge in [0, 0.05) is 12.1 Å². The van der Waals surface area contributed by atoms with Crippen LogP contribution in [-0.2, 0) is 0 Å². The van der Waals surface area contributed by atoms with Gasteiger partial charge in [-0.15, -0.1) is 0 Å². The summed E-state index contributed by atoms with van der Waals surface area (Å²) in [6.45, 7) is 1.89. The van der Waals surface area contributed by atoms with Crippen molar-refractivity contribution in [3.8, 4) is 0 Å². The molecular weight excluding hydrogens is 153 g/mol. The van der Waals surface area contributed by atoms with Crippen molar-refractivity contribution >= 4 is 35.2 Å². The van der Waals surface area contributed by atoms with E-state index in [1.165, 1.54) is 12.1 Å². The van der Waals surface area contributed by atoms with Gasteiger partial charge in [-0.05, 0) is 6.92 Å². The number of benzene rings is 1. The van der Waals surface area contributed by atoms with E-state index in [1.807, 2.05) is 6.92 Å². The van der Waals surface area contributed by atoms with Crippen LogP contribution < -0.4 is 0 Å². The molecule has 0 saturated carbocycles. The molecule has 1 aromatic rings. The Kier molecular flexibility index (Phi) is 4.33. The van der Waals surface area contributed by atoms with E-state index in [2.05, 4.69) is 0 Å². The Labute approximate surface area is 86.9 Å². The van der Waals surface area contributed by atoms with Crippen molar-refractivity contribution in [3.05, 3.63) is 39.9 Å². The molecule has 0 radical (unpaired) electrons. The predicted molar refractivity (Wildman–Crippen MR) is 45.0 cm³/mol. The second-order valence-electron chi connectivity index (χ2n) is 2.09. The molecule has 0 amide bonds. The molecule has 0 aliphatic rings. The second-order valence-corrected chi connectivity index (χ2v) is 2.09.